The van der Waals surface area contributed by atoms with Gasteiger partial charge in [0.2, 0.25) is 11.9 Å². The Morgan fingerprint density at radius 1 is 0.862 bits per heavy atom. The van der Waals surface area contributed by atoms with Crippen molar-refractivity contribution in [2.75, 3.05) is 16.4 Å². The maximum absolute atomic E-state index is 12.8. The molecule has 0 aliphatic heterocycles. The number of hydrogen-bond donors (Lipinski definition) is 3. The molecule has 0 radical (unpaired) electrons. The van der Waals surface area contributed by atoms with Crippen LogP contribution in [-0.2, 0) is 0 Å². The van der Waals surface area contributed by atoms with Crippen LogP contribution in [0, 0.1) is 0 Å². The van der Waals surface area contributed by atoms with Gasteiger partial charge in [-0.15, -0.1) is 0 Å². The molecular formula is C14H13Cl2F6N7. The molecule has 0 saturated heterocycles. The number of alkyl halides is 6. The normalized spacial score (nSPS) is 14.4. The lowest BCUT2D eigenvalue weighted by atomic mass is 10.3. The molecule has 0 fully saturated rings. The van der Waals surface area contributed by atoms with E-state index in [9.17, 15) is 26.3 Å². The van der Waals surface area contributed by atoms with E-state index in [2.05, 4.69) is 19.9 Å². The Balaban J connectivity index is 2.52. The predicted octanol–water partition coefficient (Wildman–Crippen LogP) is 4.55. The number of nitrogens with zero attached hydrogens (tertiary/aromatic N) is 4. The zero-order valence-electron chi connectivity index (χ0n) is 14.6. The Labute approximate surface area is 170 Å². The summed E-state index contributed by atoms with van der Waals surface area (Å²) in [7, 11) is 0. The number of anilines is 3. The number of hydrogen-bond acceptors (Lipinski definition) is 7. The van der Waals surface area contributed by atoms with Crippen molar-refractivity contribution in [2.24, 2.45) is 0 Å². The number of nitrogens with one attached hydrogen (secondary N) is 2. The van der Waals surface area contributed by atoms with Gasteiger partial charge in [-0.2, -0.15) is 41.3 Å². The van der Waals surface area contributed by atoms with E-state index < -0.39 is 36.3 Å². The molecule has 2 aromatic heterocycles. The zero-order valence-corrected chi connectivity index (χ0v) is 16.1. The standard InChI is InChI=1S/C14H13Cl2F6N7/c1-4(13(17,18)19)24-11-27-10(7-3-6(15)8(23)9(16)26-7)28-12(29-11)25-5(2)14(20,21)22/h3-5H,23H2,1-2H3,(H2,24,25,27,28,29)/t4-,5-/m1/s1. The summed E-state index contributed by atoms with van der Waals surface area (Å²) in [4.78, 5) is 14.9. The fourth-order valence-electron chi connectivity index (χ4n) is 1.78. The van der Waals surface area contributed by atoms with Crippen LogP contribution in [0.4, 0.5) is 43.9 Å². The molecule has 2 aromatic rings. The van der Waals surface area contributed by atoms with Crippen molar-refractivity contribution >= 4 is 40.8 Å². The van der Waals surface area contributed by atoms with E-state index in [0.717, 1.165) is 19.9 Å². The van der Waals surface area contributed by atoms with Gasteiger partial charge in [-0.25, -0.2) is 4.98 Å². The van der Waals surface area contributed by atoms with Crippen molar-refractivity contribution in [1.82, 2.24) is 19.9 Å². The van der Waals surface area contributed by atoms with E-state index in [-0.39, 0.29) is 27.4 Å². The highest BCUT2D eigenvalue weighted by atomic mass is 35.5. The molecule has 15 heteroatoms. The van der Waals surface area contributed by atoms with Crippen LogP contribution < -0.4 is 16.4 Å². The third kappa shape index (κ3) is 5.85. The summed E-state index contributed by atoms with van der Waals surface area (Å²) in [6.45, 7) is 1.56. The minimum Gasteiger partial charge on any atom is -0.395 e. The number of nitrogens with two attached hydrogens (primary N) is 1. The third-order valence-corrected chi connectivity index (χ3v) is 4.10. The Morgan fingerprint density at radius 3 is 1.69 bits per heavy atom. The van der Waals surface area contributed by atoms with E-state index in [1.165, 1.54) is 0 Å². The molecule has 0 bridgehead atoms. The SMILES string of the molecule is C[C@@H](Nc1nc(N[C@H](C)C(F)(F)F)nc(-c2cc(Cl)c(N)c(Cl)n2)n1)C(F)(F)F. The Morgan fingerprint density at radius 2 is 1.31 bits per heavy atom. The van der Waals surface area contributed by atoms with Crippen molar-refractivity contribution in [3.63, 3.8) is 0 Å². The first-order valence-electron chi connectivity index (χ1n) is 7.73. The highest BCUT2D eigenvalue weighted by Crippen LogP contribution is 2.31. The van der Waals surface area contributed by atoms with Crippen molar-refractivity contribution in [2.45, 2.75) is 38.3 Å². The molecule has 2 rings (SSSR count). The molecule has 2 atom stereocenters. The summed E-state index contributed by atoms with van der Waals surface area (Å²) in [6, 6.07) is -3.04. The summed E-state index contributed by atoms with van der Waals surface area (Å²) >= 11 is 11.7. The second-order valence-electron chi connectivity index (χ2n) is 5.82. The van der Waals surface area contributed by atoms with E-state index >= 15 is 0 Å². The van der Waals surface area contributed by atoms with Crippen LogP contribution in [0.5, 0.6) is 0 Å². The van der Waals surface area contributed by atoms with E-state index in [1.807, 2.05) is 10.6 Å². The lowest BCUT2D eigenvalue weighted by Gasteiger charge is -2.20. The molecule has 0 aliphatic carbocycles. The van der Waals surface area contributed by atoms with Gasteiger partial charge < -0.3 is 16.4 Å². The average molecular weight is 464 g/mol. The summed E-state index contributed by atoms with van der Waals surface area (Å²) in [5.74, 6) is -1.65. The van der Waals surface area contributed by atoms with Crippen LogP contribution >= 0.6 is 23.2 Å². The number of aromatic nitrogens is 4. The minimum atomic E-state index is -4.66. The Bertz CT molecular complexity index is 826. The monoisotopic (exact) mass is 463 g/mol. The topological polar surface area (TPSA) is 102 Å². The smallest absolute Gasteiger partial charge is 0.395 e. The fraction of sp³-hybridized carbons (Fsp3) is 0.429. The molecule has 160 valence electrons. The van der Waals surface area contributed by atoms with Gasteiger partial charge in [0.25, 0.3) is 0 Å². The number of nitrogen functional groups attached to an aromatic ring is 1. The molecule has 4 N–H and O–H groups in total. The van der Waals surface area contributed by atoms with Crippen LogP contribution in [0.2, 0.25) is 10.2 Å². The van der Waals surface area contributed by atoms with Gasteiger partial charge in [-0.05, 0) is 19.9 Å². The summed E-state index contributed by atoms with van der Waals surface area (Å²) in [5.41, 5.74) is 5.35. The third-order valence-electron chi connectivity index (χ3n) is 3.50. The van der Waals surface area contributed by atoms with Crippen LogP contribution in [0.3, 0.4) is 0 Å². The first-order valence-corrected chi connectivity index (χ1v) is 8.48. The molecule has 0 spiro atoms. The van der Waals surface area contributed by atoms with Crippen molar-refractivity contribution < 1.29 is 26.3 Å². The van der Waals surface area contributed by atoms with Crippen LogP contribution in [0.1, 0.15) is 13.8 Å². The van der Waals surface area contributed by atoms with Gasteiger partial charge >= 0.3 is 12.4 Å². The van der Waals surface area contributed by atoms with Gasteiger partial charge in [0.05, 0.1) is 10.7 Å². The quantitative estimate of drug-likeness (QED) is 0.441. The maximum Gasteiger partial charge on any atom is 0.408 e. The van der Waals surface area contributed by atoms with Crippen LogP contribution in [0.15, 0.2) is 6.07 Å². The highest BCUT2D eigenvalue weighted by molar-refractivity contribution is 6.38. The van der Waals surface area contributed by atoms with Crippen molar-refractivity contribution in [1.29, 1.82) is 0 Å². The van der Waals surface area contributed by atoms with E-state index in [4.69, 9.17) is 28.9 Å². The minimum absolute atomic E-state index is 0.0586. The molecule has 0 amide bonds. The van der Waals surface area contributed by atoms with Gasteiger partial charge in [0, 0.05) is 0 Å². The van der Waals surface area contributed by atoms with Gasteiger partial charge in [-0.3, -0.25) is 0 Å². The molecule has 0 aromatic carbocycles. The Hall–Kier alpha value is -2.28. The Kier molecular flexibility index (Phi) is 6.52. The van der Waals surface area contributed by atoms with Crippen molar-refractivity contribution in [3.05, 3.63) is 16.2 Å². The van der Waals surface area contributed by atoms with Gasteiger partial charge in [-0.1, -0.05) is 23.2 Å². The zero-order chi connectivity index (χ0) is 22.1. The second kappa shape index (κ2) is 8.22. The summed E-state index contributed by atoms with van der Waals surface area (Å²) < 4.78 is 76.9. The molecular weight excluding hydrogens is 451 g/mol. The largest absolute Gasteiger partial charge is 0.408 e. The van der Waals surface area contributed by atoms with Gasteiger partial charge in [0.1, 0.15) is 17.8 Å². The number of pyridine rings is 1. The van der Waals surface area contributed by atoms with Crippen molar-refractivity contribution in [3.8, 4) is 11.5 Å². The summed E-state index contributed by atoms with van der Waals surface area (Å²) in [6.07, 6.45) is -9.32. The second-order valence-corrected chi connectivity index (χ2v) is 6.58. The first kappa shape index (κ1) is 23.0. The maximum atomic E-state index is 12.8. The first-order chi connectivity index (χ1) is 13.2. The molecule has 0 saturated carbocycles. The lowest BCUT2D eigenvalue weighted by Crippen LogP contribution is -2.35. The molecule has 0 unspecified atom stereocenters. The van der Waals surface area contributed by atoms with Crippen LogP contribution in [-0.4, -0.2) is 44.4 Å². The van der Waals surface area contributed by atoms with Crippen LogP contribution in [0.25, 0.3) is 11.5 Å². The molecule has 7 nitrogen and oxygen atoms in total. The average Bonchev–Trinajstić information content (AvgIpc) is 2.57. The molecule has 0 aliphatic rings. The number of halogens is 8. The van der Waals surface area contributed by atoms with E-state index in [0.29, 0.717) is 0 Å². The molecule has 2 heterocycles. The lowest BCUT2D eigenvalue weighted by molar-refractivity contribution is -0.139. The predicted molar refractivity (Wildman–Crippen MR) is 95.8 cm³/mol. The summed E-state index contributed by atoms with van der Waals surface area (Å²) in [5, 5.41) is 3.61. The molecule has 29 heavy (non-hydrogen) atoms. The van der Waals surface area contributed by atoms with Gasteiger partial charge in [0.15, 0.2) is 11.0 Å². The number of rotatable bonds is 5. The fourth-order valence-corrected chi connectivity index (χ4v) is 2.21. The highest BCUT2D eigenvalue weighted by Gasteiger charge is 2.38. The van der Waals surface area contributed by atoms with E-state index in [1.54, 1.807) is 0 Å².